The fourth-order valence-electron chi connectivity index (χ4n) is 0.428. The number of carbonyl (C=O) groups is 1. The molecular formula is C5H13LiO3SSi. The van der Waals surface area contributed by atoms with Crippen LogP contribution in [0.15, 0.2) is 0 Å². The van der Waals surface area contributed by atoms with E-state index in [2.05, 4.69) is 0 Å². The summed E-state index contributed by atoms with van der Waals surface area (Å²) in [4.78, 5) is 10.6. The summed E-state index contributed by atoms with van der Waals surface area (Å²) in [6.45, 7) is 3.34. The van der Waals surface area contributed by atoms with Gasteiger partial charge in [0.05, 0.1) is 0 Å². The smallest absolute Gasteiger partial charge is 1.00 e. The minimum Gasteiger partial charge on any atom is -1.00 e. The van der Waals surface area contributed by atoms with Gasteiger partial charge >= 0.3 is 26.6 Å². The summed E-state index contributed by atoms with van der Waals surface area (Å²) >= 11 is 1.16. The van der Waals surface area contributed by atoms with Crippen LogP contribution in [0, 0.1) is 0 Å². The molecule has 0 saturated heterocycles. The van der Waals surface area contributed by atoms with Crippen molar-refractivity contribution in [2.75, 3.05) is 14.2 Å². The normalized spacial score (nSPS) is 10.5. The first-order valence-electron chi connectivity index (χ1n) is 2.84. The van der Waals surface area contributed by atoms with E-state index in [1.54, 1.807) is 14.2 Å². The zero-order chi connectivity index (χ0) is 8.20. The van der Waals surface area contributed by atoms with Crippen molar-refractivity contribution >= 4 is 24.0 Å². The molecule has 11 heavy (non-hydrogen) atoms. The molecule has 0 aliphatic heterocycles. The van der Waals surface area contributed by atoms with Crippen LogP contribution in [0.4, 0.5) is 0 Å². The molecule has 0 aromatic carbocycles. The Bertz CT molecular complexity index is 134. The predicted octanol–water partition coefficient (Wildman–Crippen LogP) is -1.76. The summed E-state index contributed by atoms with van der Waals surface area (Å²) in [5, 5.41) is 0.0397. The van der Waals surface area contributed by atoms with Gasteiger partial charge in [0.1, 0.15) is 0 Å². The topological polar surface area (TPSA) is 35.5 Å². The average Bonchev–Trinajstić information content (AvgIpc) is 1.87. The van der Waals surface area contributed by atoms with Gasteiger partial charge in [0.25, 0.3) is 0 Å². The minimum absolute atomic E-state index is 0. The molecule has 62 valence electrons. The fourth-order valence-corrected chi connectivity index (χ4v) is 3.35. The van der Waals surface area contributed by atoms with Crippen molar-refractivity contribution in [1.82, 2.24) is 0 Å². The van der Waals surface area contributed by atoms with Gasteiger partial charge in [0.2, 0.25) is 0 Å². The third-order valence-corrected chi connectivity index (χ3v) is 6.19. The largest absolute Gasteiger partial charge is 1.00 e. The van der Waals surface area contributed by atoms with Gasteiger partial charge in [-0.3, -0.25) is 4.79 Å². The van der Waals surface area contributed by atoms with Crippen LogP contribution >= 0.6 is 11.2 Å². The maximum absolute atomic E-state index is 10.6. The molecule has 0 atom stereocenters. The van der Waals surface area contributed by atoms with Gasteiger partial charge in [-0.1, -0.05) is 11.2 Å². The van der Waals surface area contributed by atoms with Crippen LogP contribution < -0.4 is 18.9 Å². The molecule has 6 heteroatoms. The Morgan fingerprint density at radius 2 is 1.82 bits per heavy atom. The molecule has 3 nitrogen and oxygen atoms in total. The summed E-state index contributed by atoms with van der Waals surface area (Å²) in [6.07, 6.45) is 0. The van der Waals surface area contributed by atoms with Crippen molar-refractivity contribution in [2.45, 2.75) is 13.5 Å². The van der Waals surface area contributed by atoms with Gasteiger partial charge < -0.3 is 10.3 Å². The molecule has 0 saturated carbocycles. The summed E-state index contributed by atoms with van der Waals surface area (Å²) in [5.41, 5.74) is 0. The van der Waals surface area contributed by atoms with Crippen molar-refractivity contribution < 1.29 is 33.9 Å². The molecule has 0 aliphatic rings. The van der Waals surface area contributed by atoms with Crippen LogP contribution in [0.25, 0.3) is 0 Å². The number of carbonyl (C=O) groups excluding carboxylic acids is 1. The molecule has 0 amide bonds. The van der Waals surface area contributed by atoms with Gasteiger partial charge in [0.15, 0.2) is 5.12 Å². The standard InChI is InChI=1S/C5H12O3SSi.Li.H/c1-5(6)9-10(4,7-2)8-3;;/h1-4H3;;/q;+1;-1. The molecule has 0 bridgehead atoms. The molecule has 0 aromatic heterocycles. The maximum Gasteiger partial charge on any atom is 1.00 e. The van der Waals surface area contributed by atoms with Crippen LogP contribution in [0.5, 0.6) is 0 Å². The predicted molar refractivity (Wildman–Crippen MR) is 45.0 cm³/mol. The van der Waals surface area contributed by atoms with E-state index >= 15 is 0 Å². The van der Waals surface area contributed by atoms with E-state index < -0.39 is 7.71 Å². The number of hydrogen-bond acceptors (Lipinski definition) is 4. The Balaban J connectivity index is -0.000000405. The second-order valence-corrected chi connectivity index (χ2v) is 8.02. The molecule has 0 aromatic rings. The molecule has 0 rings (SSSR count). The summed E-state index contributed by atoms with van der Waals surface area (Å²) < 4.78 is 10.1. The van der Waals surface area contributed by atoms with Crippen LogP contribution in [0.1, 0.15) is 8.35 Å². The first kappa shape index (κ1) is 14.3. The summed E-state index contributed by atoms with van der Waals surface area (Å²) in [6, 6.07) is 0. The summed E-state index contributed by atoms with van der Waals surface area (Å²) in [5.74, 6) is 0. The monoisotopic (exact) mass is 188 g/mol. The Kier molecular flexibility index (Phi) is 8.17. The van der Waals surface area contributed by atoms with Crippen LogP contribution in [-0.2, 0) is 13.6 Å². The zero-order valence-electron chi connectivity index (χ0n) is 8.63. The first-order valence-corrected chi connectivity index (χ1v) is 6.69. The Hall–Kier alpha value is 0.754. The average molecular weight is 188 g/mol. The number of rotatable bonds is 3. The van der Waals surface area contributed by atoms with E-state index in [1.165, 1.54) is 6.92 Å². The Labute approximate surface area is 85.8 Å². The molecule has 0 unspecified atom stereocenters. The third-order valence-electron chi connectivity index (χ3n) is 1.07. The minimum atomic E-state index is -2.19. The first-order chi connectivity index (χ1) is 4.54. The molecular weight excluding hydrogens is 175 g/mol. The van der Waals surface area contributed by atoms with Gasteiger partial charge in [0, 0.05) is 21.1 Å². The molecule has 0 N–H and O–H groups in total. The van der Waals surface area contributed by atoms with Crippen molar-refractivity contribution in [3.05, 3.63) is 0 Å². The van der Waals surface area contributed by atoms with Gasteiger partial charge in [-0.2, -0.15) is 0 Å². The molecule has 0 heterocycles. The molecule has 0 aliphatic carbocycles. The second-order valence-electron chi connectivity index (χ2n) is 1.86. The number of hydrogen-bond donors (Lipinski definition) is 0. The van der Waals surface area contributed by atoms with Crippen molar-refractivity contribution in [2.24, 2.45) is 0 Å². The van der Waals surface area contributed by atoms with E-state index in [-0.39, 0.29) is 25.4 Å². The third kappa shape index (κ3) is 5.97. The Morgan fingerprint density at radius 1 is 1.45 bits per heavy atom. The van der Waals surface area contributed by atoms with E-state index in [4.69, 9.17) is 8.85 Å². The van der Waals surface area contributed by atoms with Gasteiger partial charge in [-0.25, -0.2) is 0 Å². The van der Waals surface area contributed by atoms with E-state index in [1.807, 2.05) is 6.55 Å². The van der Waals surface area contributed by atoms with E-state index in [0.29, 0.717) is 0 Å². The SMILES string of the molecule is CO[Si](C)(OC)SC(C)=O.[H-].[Li+]. The quantitative estimate of drug-likeness (QED) is 0.492. The maximum atomic E-state index is 10.6. The van der Waals surface area contributed by atoms with Crippen molar-refractivity contribution in [1.29, 1.82) is 0 Å². The Morgan fingerprint density at radius 3 is 1.91 bits per heavy atom. The van der Waals surface area contributed by atoms with Crippen molar-refractivity contribution in [3.8, 4) is 0 Å². The van der Waals surface area contributed by atoms with Crippen LogP contribution in [0.2, 0.25) is 6.55 Å². The van der Waals surface area contributed by atoms with Gasteiger partial charge in [-0.05, 0) is 6.55 Å². The summed E-state index contributed by atoms with van der Waals surface area (Å²) in [7, 11) is 0.929. The van der Waals surface area contributed by atoms with E-state index in [0.717, 1.165) is 11.2 Å². The zero-order valence-corrected chi connectivity index (χ0v) is 9.45. The second kappa shape index (κ2) is 6.29. The van der Waals surface area contributed by atoms with Crippen molar-refractivity contribution in [3.63, 3.8) is 0 Å². The molecule has 0 radical (unpaired) electrons. The van der Waals surface area contributed by atoms with Gasteiger partial charge in [-0.15, -0.1) is 0 Å². The van der Waals surface area contributed by atoms with E-state index in [9.17, 15) is 4.79 Å². The van der Waals surface area contributed by atoms with Crippen LogP contribution in [0.3, 0.4) is 0 Å². The molecule has 0 spiro atoms. The van der Waals surface area contributed by atoms with Crippen LogP contribution in [-0.4, -0.2) is 27.0 Å². The fraction of sp³-hybridized carbons (Fsp3) is 0.800. The molecule has 0 fully saturated rings.